The van der Waals surface area contributed by atoms with Gasteiger partial charge in [0.05, 0.1) is 13.7 Å². The number of methoxy groups -OCH3 is 1. The van der Waals surface area contributed by atoms with Crippen molar-refractivity contribution in [1.29, 1.82) is 0 Å². The molecular formula is C15H21N3O3. The number of amides is 2. The number of carbonyl (C=O) groups excluding carboxylic acids is 2. The summed E-state index contributed by atoms with van der Waals surface area (Å²) in [5.41, 5.74) is 6.41. The molecule has 0 radical (unpaired) electrons. The summed E-state index contributed by atoms with van der Waals surface area (Å²) in [5, 5.41) is 2.62. The number of carbonyl (C=O) groups is 2. The number of anilines is 1. The number of nitrogens with two attached hydrogens (primary N) is 1. The van der Waals surface area contributed by atoms with Crippen molar-refractivity contribution in [3.8, 4) is 5.75 Å². The molecule has 1 aromatic rings. The number of benzene rings is 1. The number of piperidine rings is 1. The van der Waals surface area contributed by atoms with Crippen molar-refractivity contribution in [3.05, 3.63) is 23.8 Å². The lowest BCUT2D eigenvalue weighted by molar-refractivity contribution is -0.130. The maximum absolute atomic E-state index is 12.2. The molecule has 6 heteroatoms. The first-order valence-electron chi connectivity index (χ1n) is 7.12. The van der Waals surface area contributed by atoms with E-state index in [1.807, 2.05) is 0 Å². The third-order valence-corrected chi connectivity index (χ3v) is 3.61. The van der Waals surface area contributed by atoms with E-state index in [-0.39, 0.29) is 18.0 Å². The zero-order valence-electron chi connectivity index (χ0n) is 12.2. The van der Waals surface area contributed by atoms with Crippen molar-refractivity contribution in [3.63, 3.8) is 0 Å². The third kappa shape index (κ3) is 3.65. The highest BCUT2D eigenvalue weighted by atomic mass is 16.5. The van der Waals surface area contributed by atoms with Crippen LogP contribution in [-0.4, -0.2) is 43.5 Å². The van der Waals surface area contributed by atoms with Gasteiger partial charge in [0.25, 0.3) is 5.91 Å². The fourth-order valence-corrected chi connectivity index (χ4v) is 2.46. The summed E-state index contributed by atoms with van der Waals surface area (Å²) in [6, 6.07) is 5.01. The lowest BCUT2D eigenvalue weighted by Gasteiger charge is -2.26. The molecule has 0 atom stereocenters. The van der Waals surface area contributed by atoms with Crippen molar-refractivity contribution in [1.82, 2.24) is 10.2 Å². The van der Waals surface area contributed by atoms with Gasteiger partial charge in [-0.3, -0.25) is 9.59 Å². The molecule has 1 aliphatic heterocycles. The van der Waals surface area contributed by atoms with Gasteiger partial charge in [-0.25, -0.2) is 0 Å². The molecule has 6 nitrogen and oxygen atoms in total. The molecule has 2 amide bonds. The van der Waals surface area contributed by atoms with Crippen LogP contribution in [-0.2, 0) is 4.79 Å². The molecule has 0 saturated carbocycles. The normalized spacial score (nSPS) is 14.6. The molecule has 114 valence electrons. The van der Waals surface area contributed by atoms with Crippen LogP contribution in [0.4, 0.5) is 5.69 Å². The number of likely N-dealkylation sites (tertiary alicyclic amines) is 1. The van der Waals surface area contributed by atoms with E-state index in [1.165, 1.54) is 7.11 Å². The van der Waals surface area contributed by atoms with Gasteiger partial charge in [0, 0.05) is 18.8 Å². The summed E-state index contributed by atoms with van der Waals surface area (Å²) in [5.74, 6) is -0.0512. The molecule has 1 fully saturated rings. The molecule has 21 heavy (non-hydrogen) atoms. The molecule has 1 aliphatic rings. The van der Waals surface area contributed by atoms with Crippen LogP contribution >= 0.6 is 0 Å². The van der Waals surface area contributed by atoms with Gasteiger partial charge in [-0.15, -0.1) is 0 Å². The van der Waals surface area contributed by atoms with E-state index in [0.717, 1.165) is 32.4 Å². The van der Waals surface area contributed by atoms with Gasteiger partial charge in [-0.05, 0) is 31.4 Å². The predicted molar refractivity (Wildman–Crippen MR) is 80.2 cm³/mol. The molecule has 3 N–H and O–H groups in total. The van der Waals surface area contributed by atoms with Gasteiger partial charge >= 0.3 is 0 Å². The van der Waals surface area contributed by atoms with Gasteiger partial charge in [0.2, 0.25) is 5.91 Å². The minimum atomic E-state index is -0.393. The molecule has 1 saturated heterocycles. The average molecular weight is 291 g/mol. The Balaban J connectivity index is 1.97. The summed E-state index contributed by atoms with van der Waals surface area (Å²) in [6.07, 6.45) is 3.21. The highest BCUT2D eigenvalue weighted by Gasteiger charge is 2.19. The Hall–Kier alpha value is -2.24. The Morgan fingerprint density at radius 1 is 1.29 bits per heavy atom. The average Bonchev–Trinajstić information content (AvgIpc) is 2.52. The van der Waals surface area contributed by atoms with E-state index < -0.39 is 5.91 Å². The lowest BCUT2D eigenvalue weighted by atomic mass is 10.1. The van der Waals surface area contributed by atoms with Gasteiger partial charge < -0.3 is 20.7 Å². The van der Waals surface area contributed by atoms with Gasteiger partial charge in [-0.2, -0.15) is 0 Å². The van der Waals surface area contributed by atoms with Gasteiger partial charge in [-0.1, -0.05) is 6.07 Å². The number of nitrogens with zero attached hydrogens (tertiary/aromatic N) is 1. The van der Waals surface area contributed by atoms with E-state index in [4.69, 9.17) is 10.5 Å². The van der Waals surface area contributed by atoms with Crippen LogP contribution in [0.5, 0.6) is 5.75 Å². The quantitative estimate of drug-likeness (QED) is 0.811. The second-order valence-electron chi connectivity index (χ2n) is 5.05. The van der Waals surface area contributed by atoms with Crippen LogP contribution in [0, 0.1) is 0 Å². The largest absolute Gasteiger partial charge is 0.496 e. The number of hydrogen-bond donors (Lipinski definition) is 2. The number of rotatable bonds is 4. The highest BCUT2D eigenvalue weighted by Crippen LogP contribution is 2.23. The molecule has 0 aliphatic carbocycles. The Morgan fingerprint density at radius 2 is 2.00 bits per heavy atom. The van der Waals surface area contributed by atoms with Crippen LogP contribution < -0.4 is 15.8 Å². The minimum absolute atomic E-state index is 0.0175. The molecule has 0 aromatic heterocycles. The maximum atomic E-state index is 12.2. The monoisotopic (exact) mass is 291 g/mol. The maximum Gasteiger partial charge on any atom is 0.257 e. The summed E-state index contributed by atoms with van der Waals surface area (Å²) in [7, 11) is 1.48. The van der Waals surface area contributed by atoms with E-state index >= 15 is 0 Å². The van der Waals surface area contributed by atoms with Gasteiger partial charge in [0.1, 0.15) is 11.3 Å². The topological polar surface area (TPSA) is 84.7 Å². The molecule has 1 heterocycles. The van der Waals surface area contributed by atoms with Crippen molar-refractivity contribution in [2.45, 2.75) is 19.3 Å². The first kappa shape index (κ1) is 15.2. The van der Waals surface area contributed by atoms with Crippen LogP contribution in [0.25, 0.3) is 0 Å². The van der Waals surface area contributed by atoms with Crippen molar-refractivity contribution < 1.29 is 14.3 Å². The van der Waals surface area contributed by atoms with Gasteiger partial charge in [0.15, 0.2) is 0 Å². The van der Waals surface area contributed by atoms with E-state index in [0.29, 0.717) is 11.4 Å². The highest BCUT2D eigenvalue weighted by molar-refractivity contribution is 6.03. The fraction of sp³-hybridized carbons (Fsp3) is 0.467. The smallest absolute Gasteiger partial charge is 0.257 e. The fourth-order valence-electron chi connectivity index (χ4n) is 2.46. The number of hydrogen-bond acceptors (Lipinski definition) is 4. The molecule has 0 unspecified atom stereocenters. The third-order valence-electron chi connectivity index (χ3n) is 3.61. The molecule has 0 bridgehead atoms. The minimum Gasteiger partial charge on any atom is -0.496 e. The zero-order chi connectivity index (χ0) is 15.2. The van der Waals surface area contributed by atoms with Crippen molar-refractivity contribution in [2.75, 3.05) is 32.5 Å². The summed E-state index contributed by atoms with van der Waals surface area (Å²) in [4.78, 5) is 26.0. The molecule has 0 spiro atoms. The lowest BCUT2D eigenvalue weighted by Crippen LogP contribution is -2.42. The molecular weight excluding hydrogens is 270 g/mol. The molecule has 2 rings (SSSR count). The summed E-state index contributed by atoms with van der Waals surface area (Å²) in [6.45, 7) is 1.52. The number of nitrogens with one attached hydrogen (secondary N) is 1. The van der Waals surface area contributed by atoms with Crippen LogP contribution in [0.2, 0.25) is 0 Å². The Morgan fingerprint density at radius 3 is 2.67 bits per heavy atom. The predicted octanol–water partition coefficient (Wildman–Crippen LogP) is 1.02. The molecule has 1 aromatic carbocycles. The summed E-state index contributed by atoms with van der Waals surface area (Å²) < 4.78 is 5.13. The Kier molecular flexibility index (Phi) is 5.03. The van der Waals surface area contributed by atoms with Crippen molar-refractivity contribution in [2.24, 2.45) is 0 Å². The van der Waals surface area contributed by atoms with E-state index in [9.17, 15) is 9.59 Å². The Bertz CT molecular complexity index is 525. The second-order valence-corrected chi connectivity index (χ2v) is 5.05. The summed E-state index contributed by atoms with van der Waals surface area (Å²) >= 11 is 0. The van der Waals surface area contributed by atoms with Crippen LogP contribution in [0.1, 0.15) is 29.6 Å². The second kappa shape index (κ2) is 6.97. The van der Waals surface area contributed by atoms with Crippen LogP contribution in [0.3, 0.4) is 0 Å². The van der Waals surface area contributed by atoms with Crippen LogP contribution in [0.15, 0.2) is 18.2 Å². The first-order chi connectivity index (χ1) is 10.1. The van der Waals surface area contributed by atoms with Crippen molar-refractivity contribution >= 4 is 17.5 Å². The van der Waals surface area contributed by atoms with E-state index in [2.05, 4.69) is 5.32 Å². The SMILES string of the molecule is COc1cccc(N)c1C(=O)NCC(=O)N1CCCCC1. The first-order valence-corrected chi connectivity index (χ1v) is 7.12. The number of ether oxygens (including phenoxy) is 1. The van der Waals surface area contributed by atoms with E-state index in [1.54, 1.807) is 23.1 Å². The standard InChI is InChI=1S/C15H21N3O3/c1-21-12-7-5-6-11(16)14(12)15(20)17-10-13(19)18-8-3-2-4-9-18/h5-7H,2-4,8-10,16H2,1H3,(H,17,20). The zero-order valence-corrected chi connectivity index (χ0v) is 12.2. The number of nitrogen functional groups attached to an aromatic ring is 1. The Labute approximate surface area is 124 Å².